The summed E-state index contributed by atoms with van der Waals surface area (Å²) in [5.41, 5.74) is 0.644. The molecule has 1 heterocycles. The van der Waals surface area contributed by atoms with Crippen LogP contribution in [0.15, 0.2) is 89.4 Å². The third-order valence-electron chi connectivity index (χ3n) is 4.29. The number of rotatable bonds is 6. The Labute approximate surface area is 167 Å². The molecule has 0 radical (unpaired) electrons. The van der Waals surface area contributed by atoms with Crippen molar-refractivity contribution >= 4 is 34.2 Å². The number of carbonyl (C=O) groups is 1. The molecule has 4 heteroatoms. The van der Waals surface area contributed by atoms with Crippen molar-refractivity contribution in [1.29, 1.82) is 0 Å². The number of benzene rings is 3. The lowest BCUT2D eigenvalue weighted by Crippen LogP contribution is -1.94. The fraction of sp³-hybridized carbons (Fsp3) is 0.0417. The summed E-state index contributed by atoms with van der Waals surface area (Å²) in [6.07, 6.45) is 3.19. The Morgan fingerprint density at radius 2 is 1.79 bits per heavy atom. The van der Waals surface area contributed by atoms with Crippen molar-refractivity contribution in [1.82, 2.24) is 0 Å². The van der Waals surface area contributed by atoms with E-state index in [0.29, 0.717) is 27.9 Å². The van der Waals surface area contributed by atoms with Gasteiger partial charge in [0.2, 0.25) is 0 Å². The molecule has 0 aliphatic rings. The molecule has 0 aliphatic heterocycles. The SMILES string of the molecule is O=C(/C=C/c1ccc(COc2cccc(Cl)c2)o1)c1ccc2ccccc2c1. The van der Waals surface area contributed by atoms with E-state index in [0.717, 1.165) is 10.8 Å². The highest BCUT2D eigenvalue weighted by Gasteiger charge is 2.05. The zero-order valence-corrected chi connectivity index (χ0v) is 15.7. The maximum Gasteiger partial charge on any atom is 0.185 e. The third-order valence-corrected chi connectivity index (χ3v) is 4.53. The van der Waals surface area contributed by atoms with Crippen LogP contribution in [-0.2, 0) is 6.61 Å². The molecule has 28 heavy (non-hydrogen) atoms. The number of furan rings is 1. The van der Waals surface area contributed by atoms with Gasteiger partial charge in [-0.3, -0.25) is 4.79 Å². The summed E-state index contributed by atoms with van der Waals surface area (Å²) in [6.45, 7) is 0.285. The summed E-state index contributed by atoms with van der Waals surface area (Å²) in [7, 11) is 0. The van der Waals surface area contributed by atoms with E-state index in [-0.39, 0.29) is 12.4 Å². The highest BCUT2D eigenvalue weighted by atomic mass is 35.5. The molecule has 0 fully saturated rings. The van der Waals surface area contributed by atoms with Crippen LogP contribution >= 0.6 is 11.6 Å². The van der Waals surface area contributed by atoms with E-state index in [2.05, 4.69) is 0 Å². The second kappa shape index (κ2) is 8.15. The largest absolute Gasteiger partial charge is 0.486 e. The van der Waals surface area contributed by atoms with Crippen molar-refractivity contribution in [3.8, 4) is 5.75 Å². The standard InChI is InChI=1S/C24H17ClO3/c25-20-6-3-7-22(15-20)27-16-23-11-10-21(28-23)12-13-24(26)19-9-8-17-4-1-2-5-18(17)14-19/h1-15H,16H2/b13-12+. The van der Waals surface area contributed by atoms with Gasteiger partial charge < -0.3 is 9.15 Å². The first-order valence-electron chi connectivity index (χ1n) is 8.86. The Kier molecular flexibility index (Phi) is 5.27. The predicted molar refractivity (Wildman–Crippen MR) is 112 cm³/mol. The number of allylic oxidation sites excluding steroid dienone is 1. The fourth-order valence-corrected chi connectivity index (χ4v) is 3.05. The topological polar surface area (TPSA) is 39.4 Å². The van der Waals surface area contributed by atoms with Gasteiger partial charge in [0.05, 0.1) is 0 Å². The molecular weight excluding hydrogens is 372 g/mol. The normalized spacial score (nSPS) is 11.2. The maximum atomic E-state index is 12.4. The Balaban J connectivity index is 1.41. The van der Waals surface area contributed by atoms with E-state index in [1.54, 1.807) is 24.3 Å². The van der Waals surface area contributed by atoms with Gasteiger partial charge in [0.15, 0.2) is 5.78 Å². The minimum atomic E-state index is -0.0705. The van der Waals surface area contributed by atoms with Gasteiger partial charge in [-0.1, -0.05) is 54.1 Å². The van der Waals surface area contributed by atoms with Crippen LogP contribution in [0.25, 0.3) is 16.8 Å². The molecule has 3 aromatic carbocycles. The third kappa shape index (κ3) is 4.33. The summed E-state index contributed by atoms with van der Waals surface area (Å²) in [4.78, 5) is 12.4. The van der Waals surface area contributed by atoms with Crippen LogP contribution in [-0.4, -0.2) is 5.78 Å². The molecule has 0 saturated heterocycles. The van der Waals surface area contributed by atoms with Crippen LogP contribution in [0.1, 0.15) is 21.9 Å². The van der Waals surface area contributed by atoms with E-state index in [1.165, 1.54) is 6.08 Å². The molecule has 4 rings (SSSR count). The lowest BCUT2D eigenvalue weighted by Gasteiger charge is -2.03. The molecule has 0 saturated carbocycles. The molecule has 0 N–H and O–H groups in total. The molecule has 0 atom stereocenters. The minimum Gasteiger partial charge on any atom is -0.486 e. The van der Waals surface area contributed by atoms with Gasteiger partial charge in [0, 0.05) is 10.6 Å². The van der Waals surface area contributed by atoms with E-state index < -0.39 is 0 Å². The van der Waals surface area contributed by atoms with E-state index >= 15 is 0 Å². The van der Waals surface area contributed by atoms with Crippen LogP contribution in [0.4, 0.5) is 0 Å². The second-order valence-corrected chi connectivity index (χ2v) is 6.75. The Morgan fingerprint density at radius 1 is 0.929 bits per heavy atom. The van der Waals surface area contributed by atoms with Crippen LogP contribution in [0.3, 0.4) is 0 Å². The molecule has 0 aliphatic carbocycles. The number of fused-ring (bicyclic) bond motifs is 1. The molecule has 0 spiro atoms. The number of hydrogen-bond donors (Lipinski definition) is 0. The Bertz CT molecular complexity index is 1160. The molecule has 0 bridgehead atoms. The van der Waals surface area contributed by atoms with Gasteiger partial charge >= 0.3 is 0 Å². The van der Waals surface area contributed by atoms with Gasteiger partial charge in [-0.2, -0.15) is 0 Å². The Hall–Kier alpha value is -3.30. The van der Waals surface area contributed by atoms with Crippen molar-refractivity contribution in [2.45, 2.75) is 6.61 Å². The molecule has 1 aromatic heterocycles. The first-order chi connectivity index (χ1) is 13.7. The van der Waals surface area contributed by atoms with Gasteiger partial charge in [-0.05, 0) is 59.3 Å². The van der Waals surface area contributed by atoms with E-state index in [9.17, 15) is 4.79 Å². The molecular formula is C24H17ClO3. The first kappa shape index (κ1) is 18.1. The van der Waals surface area contributed by atoms with Crippen LogP contribution in [0.2, 0.25) is 5.02 Å². The maximum absolute atomic E-state index is 12.4. The summed E-state index contributed by atoms with van der Waals surface area (Å²) >= 11 is 5.94. The fourth-order valence-electron chi connectivity index (χ4n) is 2.87. The molecule has 138 valence electrons. The second-order valence-electron chi connectivity index (χ2n) is 6.31. The van der Waals surface area contributed by atoms with Gasteiger partial charge in [-0.25, -0.2) is 0 Å². The van der Waals surface area contributed by atoms with E-state index in [4.69, 9.17) is 20.8 Å². The van der Waals surface area contributed by atoms with Crippen molar-refractivity contribution in [3.05, 3.63) is 107 Å². The Morgan fingerprint density at radius 3 is 2.64 bits per heavy atom. The average molecular weight is 389 g/mol. The van der Waals surface area contributed by atoms with Gasteiger partial charge in [0.1, 0.15) is 23.9 Å². The first-order valence-corrected chi connectivity index (χ1v) is 9.23. The average Bonchev–Trinajstić information content (AvgIpc) is 3.18. The van der Waals surface area contributed by atoms with Crippen molar-refractivity contribution < 1.29 is 13.9 Å². The lowest BCUT2D eigenvalue weighted by molar-refractivity contribution is 0.104. The number of ketones is 1. The monoisotopic (exact) mass is 388 g/mol. The molecule has 0 unspecified atom stereocenters. The van der Waals surface area contributed by atoms with Crippen molar-refractivity contribution in [2.24, 2.45) is 0 Å². The highest BCUT2D eigenvalue weighted by Crippen LogP contribution is 2.20. The smallest absolute Gasteiger partial charge is 0.185 e. The molecule has 0 amide bonds. The number of hydrogen-bond acceptors (Lipinski definition) is 3. The van der Waals surface area contributed by atoms with Crippen LogP contribution < -0.4 is 4.74 Å². The molecule has 4 aromatic rings. The van der Waals surface area contributed by atoms with Crippen LogP contribution in [0.5, 0.6) is 5.75 Å². The number of halogens is 1. The molecule has 3 nitrogen and oxygen atoms in total. The van der Waals surface area contributed by atoms with Gasteiger partial charge in [-0.15, -0.1) is 0 Å². The van der Waals surface area contributed by atoms with Crippen molar-refractivity contribution in [2.75, 3.05) is 0 Å². The number of carbonyl (C=O) groups excluding carboxylic acids is 1. The highest BCUT2D eigenvalue weighted by molar-refractivity contribution is 6.30. The summed E-state index contributed by atoms with van der Waals surface area (Å²) in [6, 6.07) is 24.5. The van der Waals surface area contributed by atoms with Crippen LogP contribution in [0, 0.1) is 0 Å². The zero-order chi connectivity index (χ0) is 19.3. The predicted octanol–water partition coefficient (Wildman–Crippen LogP) is 6.56. The van der Waals surface area contributed by atoms with Crippen molar-refractivity contribution in [3.63, 3.8) is 0 Å². The summed E-state index contributed by atoms with van der Waals surface area (Å²) in [5, 5.41) is 2.77. The quantitative estimate of drug-likeness (QED) is 0.277. The minimum absolute atomic E-state index is 0.0705. The zero-order valence-electron chi connectivity index (χ0n) is 15.0. The van der Waals surface area contributed by atoms with Gasteiger partial charge in [0.25, 0.3) is 0 Å². The summed E-state index contributed by atoms with van der Waals surface area (Å²) < 4.78 is 11.3. The lowest BCUT2D eigenvalue weighted by atomic mass is 10.0. The van der Waals surface area contributed by atoms with E-state index in [1.807, 2.05) is 60.7 Å². The summed E-state index contributed by atoms with van der Waals surface area (Å²) in [5.74, 6) is 1.86. The number of ether oxygens (including phenoxy) is 1.